The van der Waals surface area contributed by atoms with Gasteiger partial charge in [-0.1, -0.05) is 30.3 Å². The van der Waals surface area contributed by atoms with Crippen LogP contribution in [0.25, 0.3) is 11.4 Å². The fraction of sp³-hybridized carbons (Fsp3) is 0.261. The number of nitrogens with zero attached hydrogens (tertiary/aromatic N) is 6. The van der Waals surface area contributed by atoms with Crippen LogP contribution in [0.5, 0.6) is 0 Å². The fourth-order valence-corrected chi connectivity index (χ4v) is 5.69. The highest BCUT2D eigenvalue weighted by atomic mass is 32.2. The number of aryl methyl sites for hydroxylation is 2. The van der Waals surface area contributed by atoms with Gasteiger partial charge in [-0.05, 0) is 52.6 Å². The Hall–Kier alpha value is -3.90. The molecule has 0 aliphatic carbocycles. The van der Waals surface area contributed by atoms with Gasteiger partial charge in [0.1, 0.15) is 5.82 Å². The van der Waals surface area contributed by atoms with Crippen molar-refractivity contribution in [1.29, 1.82) is 0 Å². The summed E-state index contributed by atoms with van der Waals surface area (Å²) in [5.41, 5.74) is 2.92. The van der Waals surface area contributed by atoms with Crippen LogP contribution in [-0.4, -0.2) is 56.1 Å². The Bertz CT molecular complexity index is 1460. The number of sulfone groups is 1. The lowest BCUT2D eigenvalue weighted by Gasteiger charge is -2.20. The van der Waals surface area contributed by atoms with E-state index in [0.717, 1.165) is 11.1 Å². The van der Waals surface area contributed by atoms with E-state index >= 15 is 0 Å². The van der Waals surface area contributed by atoms with Gasteiger partial charge in [-0.15, -0.1) is 5.10 Å². The van der Waals surface area contributed by atoms with E-state index in [2.05, 4.69) is 36.1 Å². The number of fused-ring (bicyclic) bond motifs is 1. The summed E-state index contributed by atoms with van der Waals surface area (Å²) in [6.07, 6.45) is 2.91. The summed E-state index contributed by atoms with van der Waals surface area (Å²) < 4.78 is 26.2. The molecule has 0 saturated carbocycles. The average molecular weight is 493 g/mol. The molecule has 11 nitrogen and oxygen atoms in total. The number of nitrogens with one attached hydrogen (secondary N) is 2. The lowest BCUT2D eigenvalue weighted by atomic mass is 10.1. The zero-order valence-electron chi connectivity index (χ0n) is 19.0. The molecule has 180 valence electrons. The summed E-state index contributed by atoms with van der Waals surface area (Å²) in [6, 6.07) is 14.3. The van der Waals surface area contributed by atoms with Crippen molar-refractivity contribution >= 4 is 27.3 Å². The molecular weight excluding hydrogens is 468 g/mol. The van der Waals surface area contributed by atoms with Gasteiger partial charge >= 0.3 is 0 Å². The molecule has 2 aromatic heterocycles. The van der Waals surface area contributed by atoms with Crippen molar-refractivity contribution in [2.75, 3.05) is 23.0 Å². The standard InChI is InChI=1S/C23H24N8O3S/c1-31-22(28-29-30-31)18-13-24-23(27-21(18)26-19(14-32)15-6-3-2-4-7-15)25-17-9-10-20-16(12-17)8-5-11-35(20,33)34/h2-4,6-7,9-10,12-13,19,32H,5,8,11,14H2,1H3,(H2,24,25,26,27)/t19-/m1/s1. The topological polar surface area (TPSA) is 148 Å². The summed E-state index contributed by atoms with van der Waals surface area (Å²) in [5, 5.41) is 28.2. The predicted octanol–water partition coefficient (Wildman–Crippen LogP) is 2.28. The van der Waals surface area contributed by atoms with Crippen LogP contribution in [0.3, 0.4) is 0 Å². The third kappa shape index (κ3) is 4.70. The first-order valence-corrected chi connectivity index (χ1v) is 12.7. The first-order valence-electron chi connectivity index (χ1n) is 11.1. The molecule has 3 N–H and O–H groups in total. The van der Waals surface area contributed by atoms with Crippen molar-refractivity contribution in [3.05, 3.63) is 65.9 Å². The number of hydrogen-bond acceptors (Lipinski definition) is 10. The van der Waals surface area contributed by atoms with Crippen LogP contribution in [0.2, 0.25) is 0 Å². The molecule has 2 aromatic carbocycles. The van der Waals surface area contributed by atoms with E-state index in [4.69, 9.17) is 0 Å². The average Bonchev–Trinajstić information content (AvgIpc) is 3.28. The molecule has 0 radical (unpaired) electrons. The molecule has 0 amide bonds. The second kappa shape index (κ2) is 9.39. The Morgan fingerprint density at radius 3 is 2.74 bits per heavy atom. The van der Waals surface area contributed by atoms with Gasteiger partial charge in [-0.3, -0.25) is 0 Å². The highest BCUT2D eigenvalue weighted by Crippen LogP contribution is 2.31. The number of hydrogen-bond donors (Lipinski definition) is 3. The highest BCUT2D eigenvalue weighted by Gasteiger charge is 2.24. The SMILES string of the molecule is Cn1nnnc1-c1cnc(Nc2ccc3c(c2)CCCS3(=O)=O)nc1N[C@H](CO)c1ccccc1. The number of aromatic nitrogens is 6. The Morgan fingerprint density at radius 2 is 2.00 bits per heavy atom. The second-order valence-electron chi connectivity index (χ2n) is 8.24. The molecule has 12 heteroatoms. The van der Waals surface area contributed by atoms with Crippen molar-refractivity contribution in [2.45, 2.75) is 23.8 Å². The van der Waals surface area contributed by atoms with Gasteiger partial charge < -0.3 is 15.7 Å². The fourth-order valence-electron chi connectivity index (χ4n) is 4.11. The molecule has 1 aliphatic rings. The number of tetrazole rings is 1. The van der Waals surface area contributed by atoms with Gasteiger partial charge in [0, 0.05) is 18.9 Å². The molecular formula is C23H24N8O3S. The van der Waals surface area contributed by atoms with Crippen LogP contribution < -0.4 is 10.6 Å². The zero-order chi connectivity index (χ0) is 24.4. The smallest absolute Gasteiger partial charge is 0.229 e. The van der Waals surface area contributed by atoms with E-state index in [1.54, 1.807) is 25.4 Å². The van der Waals surface area contributed by atoms with E-state index in [0.29, 0.717) is 46.6 Å². The van der Waals surface area contributed by atoms with Crippen LogP contribution in [0.15, 0.2) is 59.6 Å². The third-order valence-corrected chi connectivity index (χ3v) is 7.75. The van der Waals surface area contributed by atoms with E-state index in [-0.39, 0.29) is 12.4 Å². The van der Waals surface area contributed by atoms with Crippen LogP contribution in [0.1, 0.15) is 23.6 Å². The summed E-state index contributed by atoms with van der Waals surface area (Å²) >= 11 is 0. The van der Waals surface area contributed by atoms with Gasteiger partial charge in [0.25, 0.3) is 0 Å². The molecule has 1 atom stereocenters. The van der Waals surface area contributed by atoms with Gasteiger partial charge in [-0.2, -0.15) is 4.98 Å². The molecule has 0 unspecified atom stereocenters. The molecule has 0 fully saturated rings. The Labute approximate surface area is 202 Å². The first kappa shape index (κ1) is 22.9. The van der Waals surface area contributed by atoms with Gasteiger partial charge in [0.05, 0.1) is 28.9 Å². The highest BCUT2D eigenvalue weighted by molar-refractivity contribution is 7.91. The number of aliphatic hydroxyl groups excluding tert-OH is 1. The Kier molecular flexibility index (Phi) is 6.14. The maximum Gasteiger partial charge on any atom is 0.229 e. The molecule has 4 aromatic rings. The third-order valence-electron chi connectivity index (χ3n) is 5.86. The molecule has 5 rings (SSSR count). The van der Waals surface area contributed by atoms with E-state index in [1.807, 2.05) is 36.4 Å². The number of anilines is 3. The zero-order valence-corrected chi connectivity index (χ0v) is 19.8. The lowest BCUT2D eigenvalue weighted by Crippen LogP contribution is -2.17. The number of benzene rings is 2. The minimum atomic E-state index is -3.23. The van der Waals surface area contributed by atoms with E-state index in [1.165, 1.54) is 4.68 Å². The van der Waals surface area contributed by atoms with Crippen molar-refractivity contribution in [1.82, 2.24) is 30.2 Å². The molecule has 35 heavy (non-hydrogen) atoms. The van der Waals surface area contributed by atoms with Gasteiger partial charge in [0.15, 0.2) is 15.7 Å². The maximum atomic E-state index is 12.3. The normalized spacial score (nSPS) is 15.3. The lowest BCUT2D eigenvalue weighted by molar-refractivity contribution is 0.276. The predicted molar refractivity (Wildman–Crippen MR) is 130 cm³/mol. The summed E-state index contributed by atoms with van der Waals surface area (Å²) in [6.45, 7) is -0.160. The van der Waals surface area contributed by atoms with Crippen LogP contribution in [0.4, 0.5) is 17.5 Å². The minimum Gasteiger partial charge on any atom is -0.394 e. The minimum absolute atomic E-state index is 0.160. The first-order chi connectivity index (χ1) is 16.9. The molecule has 3 heterocycles. The van der Waals surface area contributed by atoms with Gasteiger partial charge in [-0.25, -0.2) is 18.1 Å². The Balaban J connectivity index is 1.49. The molecule has 0 spiro atoms. The summed E-state index contributed by atoms with van der Waals surface area (Å²) in [4.78, 5) is 9.46. The van der Waals surface area contributed by atoms with Crippen LogP contribution in [-0.2, 0) is 23.3 Å². The number of aliphatic hydroxyl groups is 1. The van der Waals surface area contributed by atoms with E-state index < -0.39 is 15.9 Å². The Morgan fingerprint density at radius 1 is 1.17 bits per heavy atom. The van der Waals surface area contributed by atoms with Crippen molar-refractivity contribution in [3.63, 3.8) is 0 Å². The summed E-state index contributed by atoms with van der Waals surface area (Å²) in [7, 11) is -1.51. The van der Waals surface area contributed by atoms with Crippen molar-refractivity contribution < 1.29 is 13.5 Å². The number of rotatable bonds is 7. The monoisotopic (exact) mass is 492 g/mol. The molecule has 0 saturated heterocycles. The van der Waals surface area contributed by atoms with Crippen LogP contribution >= 0.6 is 0 Å². The maximum absolute atomic E-state index is 12.3. The quantitative estimate of drug-likeness (QED) is 0.351. The van der Waals surface area contributed by atoms with Gasteiger partial charge in [0.2, 0.25) is 5.95 Å². The second-order valence-corrected chi connectivity index (χ2v) is 10.3. The molecule has 0 bridgehead atoms. The largest absolute Gasteiger partial charge is 0.394 e. The van der Waals surface area contributed by atoms with Crippen molar-refractivity contribution in [2.24, 2.45) is 7.05 Å². The summed E-state index contributed by atoms with van der Waals surface area (Å²) in [5.74, 6) is 1.37. The van der Waals surface area contributed by atoms with E-state index in [9.17, 15) is 13.5 Å². The van der Waals surface area contributed by atoms with Crippen molar-refractivity contribution in [3.8, 4) is 11.4 Å². The molecule has 1 aliphatic heterocycles. The van der Waals surface area contributed by atoms with Crippen LogP contribution in [0, 0.1) is 0 Å².